The minimum absolute atomic E-state index is 0.390. The number of rotatable bonds is 6. The number of benzene rings is 1. The summed E-state index contributed by atoms with van der Waals surface area (Å²) in [6.07, 6.45) is 7.99. The summed E-state index contributed by atoms with van der Waals surface area (Å²) in [7, 11) is 0. The molecule has 2 rings (SSSR count). The second-order valence-electron chi connectivity index (χ2n) is 5.35. The van der Waals surface area contributed by atoms with Crippen LogP contribution in [0, 0.1) is 5.92 Å². The Morgan fingerprint density at radius 3 is 2.74 bits per heavy atom. The van der Waals surface area contributed by atoms with E-state index >= 15 is 0 Å². The molecule has 0 unspecified atom stereocenters. The number of anilines is 2. The molecule has 1 aromatic rings. The fourth-order valence-corrected chi connectivity index (χ4v) is 2.85. The molecular formula is C15H23N3O. The zero-order chi connectivity index (χ0) is 13.7. The van der Waals surface area contributed by atoms with Gasteiger partial charge in [0, 0.05) is 6.54 Å². The summed E-state index contributed by atoms with van der Waals surface area (Å²) in [4.78, 5) is 11.2. The predicted octanol–water partition coefficient (Wildman–Crippen LogP) is 2.75. The van der Waals surface area contributed by atoms with E-state index in [9.17, 15) is 4.79 Å². The fourth-order valence-electron chi connectivity index (χ4n) is 2.85. The van der Waals surface area contributed by atoms with E-state index in [4.69, 9.17) is 11.5 Å². The Balaban J connectivity index is 1.82. The molecule has 0 radical (unpaired) electrons. The molecule has 0 spiro atoms. The first-order valence-electron chi connectivity index (χ1n) is 7.10. The van der Waals surface area contributed by atoms with Gasteiger partial charge >= 0.3 is 0 Å². The van der Waals surface area contributed by atoms with Crippen molar-refractivity contribution in [2.75, 3.05) is 17.6 Å². The molecule has 1 aliphatic rings. The fraction of sp³-hybridized carbons (Fsp3) is 0.533. The number of nitrogen functional groups attached to an aromatic ring is 1. The van der Waals surface area contributed by atoms with Crippen LogP contribution in [-0.2, 0) is 0 Å². The molecule has 4 heteroatoms. The van der Waals surface area contributed by atoms with Crippen molar-refractivity contribution in [3.63, 3.8) is 0 Å². The van der Waals surface area contributed by atoms with E-state index in [-0.39, 0.29) is 0 Å². The van der Waals surface area contributed by atoms with Gasteiger partial charge in [0.25, 0.3) is 5.91 Å². The van der Waals surface area contributed by atoms with Crippen molar-refractivity contribution in [3.05, 3.63) is 23.8 Å². The van der Waals surface area contributed by atoms with Gasteiger partial charge in [-0.2, -0.15) is 0 Å². The number of nitrogens with two attached hydrogens (primary N) is 2. The van der Waals surface area contributed by atoms with Gasteiger partial charge in [0.1, 0.15) is 0 Å². The SMILES string of the molecule is NC(=O)c1cccc(NCCCC2CCCC2)c1N. The van der Waals surface area contributed by atoms with Crippen molar-refractivity contribution in [1.29, 1.82) is 0 Å². The molecular weight excluding hydrogens is 238 g/mol. The molecule has 0 aliphatic heterocycles. The highest BCUT2D eigenvalue weighted by atomic mass is 16.1. The monoisotopic (exact) mass is 261 g/mol. The third-order valence-electron chi connectivity index (χ3n) is 3.95. The highest BCUT2D eigenvalue weighted by Crippen LogP contribution is 2.28. The Morgan fingerprint density at radius 1 is 1.32 bits per heavy atom. The standard InChI is InChI=1S/C15H23N3O/c16-14-12(15(17)19)8-3-9-13(14)18-10-4-7-11-5-1-2-6-11/h3,8-9,11,18H,1-2,4-7,10,16H2,(H2,17,19). The van der Waals surface area contributed by atoms with Gasteiger partial charge in [0.2, 0.25) is 0 Å². The normalized spacial score (nSPS) is 15.6. The minimum Gasteiger partial charge on any atom is -0.396 e. The van der Waals surface area contributed by atoms with Gasteiger partial charge in [0.05, 0.1) is 16.9 Å². The number of hydrogen-bond acceptors (Lipinski definition) is 3. The Bertz CT molecular complexity index is 439. The number of amides is 1. The molecule has 1 aliphatic carbocycles. The summed E-state index contributed by atoms with van der Waals surface area (Å²) in [6, 6.07) is 5.34. The first kappa shape index (κ1) is 13.7. The second kappa shape index (κ2) is 6.45. The van der Waals surface area contributed by atoms with Gasteiger partial charge in [-0.15, -0.1) is 0 Å². The van der Waals surface area contributed by atoms with E-state index in [1.165, 1.54) is 32.1 Å². The molecule has 19 heavy (non-hydrogen) atoms. The average Bonchev–Trinajstić information content (AvgIpc) is 2.89. The summed E-state index contributed by atoms with van der Waals surface area (Å²) in [6.45, 7) is 0.892. The first-order chi connectivity index (χ1) is 9.18. The van der Waals surface area contributed by atoms with E-state index in [0.717, 1.165) is 24.6 Å². The number of hydrogen-bond donors (Lipinski definition) is 3. The quantitative estimate of drug-likeness (QED) is 0.544. The van der Waals surface area contributed by atoms with E-state index in [0.29, 0.717) is 11.3 Å². The lowest BCUT2D eigenvalue weighted by atomic mass is 10.0. The van der Waals surface area contributed by atoms with Gasteiger partial charge in [0.15, 0.2) is 0 Å². The van der Waals surface area contributed by atoms with Crippen LogP contribution in [0.4, 0.5) is 11.4 Å². The van der Waals surface area contributed by atoms with Crippen LogP contribution in [0.15, 0.2) is 18.2 Å². The van der Waals surface area contributed by atoms with Gasteiger partial charge in [-0.25, -0.2) is 0 Å². The summed E-state index contributed by atoms with van der Waals surface area (Å²) >= 11 is 0. The zero-order valence-electron chi connectivity index (χ0n) is 11.3. The van der Waals surface area contributed by atoms with Gasteiger partial charge in [-0.1, -0.05) is 31.7 Å². The van der Waals surface area contributed by atoms with Crippen LogP contribution in [0.25, 0.3) is 0 Å². The van der Waals surface area contributed by atoms with E-state index in [2.05, 4.69) is 5.32 Å². The van der Waals surface area contributed by atoms with Crippen molar-refractivity contribution in [1.82, 2.24) is 0 Å². The predicted molar refractivity (Wildman–Crippen MR) is 79.1 cm³/mol. The molecule has 104 valence electrons. The highest BCUT2D eigenvalue weighted by molar-refractivity contribution is 6.00. The smallest absolute Gasteiger partial charge is 0.250 e. The molecule has 1 amide bonds. The number of primary amides is 1. The molecule has 5 N–H and O–H groups in total. The molecule has 1 fully saturated rings. The zero-order valence-corrected chi connectivity index (χ0v) is 11.3. The largest absolute Gasteiger partial charge is 0.396 e. The molecule has 0 aromatic heterocycles. The number of carbonyl (C=O) groups excluding carboxylic acids is 1. The third-order valence-corrected chi connectivity index (χ3v) is 3.95. The van der Waals surface area contributed by atoms with Crippen molar-refractivity contribution < 1.29 is 4.79 Å². The lowest BCUT2D eigenvalue weighted by Crippen LogP contribution is -2.15. The molecule has 1 saturated carbocycles. The molecule has 0 atom stereocenters. The van der Waals surface area contributed by atoms with Crippen LogP contribution in [0.5, 0.6) is 0 Å². The summed E-state index contributed by atoms with van der Waals surface area (Å²) in [5.74, 6) is 0.434. The molecule has 4 nitrogen and oxygen atoms in total. The van der Waals surface area contributed by atoms with Crippen molar-refractivity contribution in [3.8, 4) is 0 Å². The molecule has 0 bridgehead atoms. The topological polar surface area (TPSA) is 81.1 Å². The molecule has 0 saturated heterocycles. The van der Waals surface area contributed by atoms with Crippen LogP contribution < -0.4 is 16.8 Å². The Kier molecular flexibility index (Phi) is 4.66. The van der Waals surface area contributed by atoms with Gasteiger partial charge in [-0.3, -0.25) is 4.79 Å². The lowest BCUT2D eigenvalue weighted by Gasteiger charge is -2.13. The van der Waals surface area contributed by atoms with Gasteiger partial charge in [-0.05, 0) is 30.9 Å². The summed E-state index contributed by atoms with van der Waals surface area (Å²) in [5.41, 5.74) is 12.9. The summed E-state index contributed by atoms with van der Waals surface area (Å²) in [5, 5.41) is 3.30. The second-order valence-corrected chi connectivity index (χ2v) is 5.35. The van der Waals surface area contributed by atoms with E-state index in [1.807, 2.05) is 6.07 Å². The Morgan fingerprint density at radius 2 is 2.05 bits per heavy atom. The van der Waals surface area contributed by atoms with Crippen molar-refractivity contribution >= 4 is 17.3 Å². The van der Waals surface area contributed by atoms with E-state index < -0.39 is 5.91 Å². The molecule has 1 aromatic carbocycles. The van der Waals surface area contributed by atoms with Crippen molar-refractivity contribution in [2.45, 2.75) is 38.5 Å². The van der Waals surface area contributed by atoms with Crippen LogP contribution in [0.1, 0.15) is 48.9 Å². The number of nitrogens with one attached hydrogen (secondary N) is 1. The highest BCUT2D eigenvalue weighted by Gasteiger charge is 2.14. The molecule has 0 heterocycles. The average molecular weight is 261 g/mol. The van der Waals surface area contributed by atoms with Crippen LogP contribution in [0.2, 0.25) is 0 Å². The Hall–Kier alpha value is -1.71. The lowest BCUT2D eigenvalue weighted by molar-refractivity contribution is 0.100. The third kappa shape index (κ3) is 3.63. The summed E-state index contributed by atoms with van der Waals surface area (Å²) < 4.78 is 0. The first-order valence-corrected chi connectivity index (χ1v) is 7.10. The maximum atomic E-state index is 11.2. The van der Waals surface area contributed by atoms with Crippen LogP contribution in [0.3, 0.4) is 0 Å². The van der Waals surface area contributed by atoms with Crippen molar-refractivity contribution in [2.24, 2.45) is 11.7 Å². The maximum Gasteiger partial charge on any atom is 0.250 e. The Labute approximate surface area is 114 Å². The minimum atomic E-state index is -0.480. The number of carbonyl (C=O) groups is 1. The maximum absolute atomic E-state index is 11.2. The van der Waals surface area contributed by atoms with Crippen LogP contribution in [-0.4, -0.2) is 12.5 Å². The number of para-hydroxylation sites is 1. The van der Waals surface area contributed by atoms with Crippen LogP contribution >= 0.6 is 0 Å². The van der Waals surface area contributed by atoms with Gasteiger partial charge < -0.3 is 16.8 Å². The van der Waals surface area contributed by atoms with E-state index in [1.54, 1.807) is 12.1 Å².